The number of nitrogens with zero attached hydrogens (tertiary/aromatic N) is 1. The van der Waals surface area contributed by atoms with Crippen LogP contribution in [0.15, 0.2) is 18.2 Å². The van der Waals surface area contributed by atoms with Crippen molar-refractivity contribution >= 4 is 17.3 Å². The van der Waals surface area contributed by atoms with Crippen LogP contribution in [0, 0.1) is 10.1 Å². The molecular weight excluding hydrogens is 209 g/mol. The average molecular weight is 218 g/mol. The minimum Gasteiger partial charge on any atom is -0.258 e. The lowest BCUT2D eigenvalue weighted by molar-refractivity contribution is -0.384. The largest absolute Gasteiger partial charge is 0.288 e. The Labute approximate surface area is 85.6 Å². The summed E-state index contributed by atoms with van der Waals surface area (Å²) in [4.78, 5) is 9.87. The van der Waals surface area contributed by atoms with Gasteiger partial charge in [0.2, 0.25) is 0 Å². The third-order valence-electron chi connectivity index (χ3n) is 1.83. The molecule has 0 amide bonds. The van der Waals surface area contributed by atoms with Crippen LogP contribution < -0.4 is 0 Å². The molecule has 0 saturated heterocycles. The first-order valence-electron chi connectivity index (χ1n) is 3.95. The maximum atomic E-state index is 13.4. The zero-order valence-corrected chi connectivity index (χ0v) is 8.51. The molecule has 0 fully saturated rings. The van der Waals surface area contributed by atoms with Gasteiger partial charge in [-0.3, -0.25) is 10.1 Å². The van der Waals surface area contributed by atoms with Gasteiger partial charge in [-0.15, -0.1) is 0 Å². The number of benzene rings is 1. The van der Waals surface area contributed by atoms with E-state index in [9.17, 15) is 14.5 Å². The molecule has 0 aromatic heterocycles. The lowest BCUT2D eigenvalue weighted by Gasteiger charge is -2.14. The van der Waals surface area contributed by atoms with Gasteiger partial charge in [-0.1, -0.05) is 17.7 Å². The number of rotatable bonds is 2. The predicted octanol–water partition coefficient (Wildman–Crippen LogP) is 3.45. The van der Waals surface area contributed by atoms with E-state index < -0.39 is 10.6 Å². The Hall–Kier alpha value is -1.16. The molecule has 0 unspecified atom stereocenters. The van der Waals surface area contributed by atoms with Gasteiger partial charge in [-0.05, 0) is 25.5 Å². The molecule has 76 valence electrons. The molecule has 14 heavy (non-hydrogen) atoms. The Balaban J connectivity index is 3.27. The van der Waals surface area contributed by atoms with Crippen LogP contribution in [0.3, 0.4) is 0 Å². The van der Waals surface area contributed by atoms with Crippen LogP contribution in [-0.2, 0) is 5.67 Å². The fraction of sp³-hybridized carbons (Fsp3) is 0.333. The number of alkyl halides is 1. The summed E-state index contributed by atoms with van der Waals surface area (Å²) >= 11 is 5.58. The molecule has 0 saturated carbocycles. The topological polar surface area (TPSA) is 43.1 Å². The Kier molecular flexibility index (Phi) is 2.76. The smallest absolute Gasteiger partial charge is 0.258 e. The average Bonchev–Trinajstić information content (AvgIpc) is 2.02. The standard InChI is InChI=1S/C9H9ClFNO2/c1-9(2,11)6-3-4-7(10)8(5-6)12(13)14/h3-5H,1-2H3. The number of hydrogen-bond acceptors (Lipinski definition) is 2. The van der Waals surface area contributed by atoms with Crippen molar-refractivity contribution in [3.63, 3.8) is 0 Å². The van der Waals surface area contributed by atoms with Crippen molar-refractivity contribution in [3.05, 3.63) is 38.9 Å². The van der Waals surface area contributed by atoms with Crippen molar-refractivity contribution in [2.75, 3.05) is 0 Å². The number of nitro benzene ring substituents is 1. The van der Waals surface area contributed by atoms with Crippen molar-refractivity contribution in [2.24, 2.45) is 0 Å². The molecule has 0 N–H and O–H groups in total. The van der Waals surface area contributed by atoms with Crippen molar-refractivity contribution in [1.82, 2.24) is 0 Å². The van der Waals surface area contributed by atoms with Crippen molar-refractivity contribution in [3.8, 4) is 0 Å². The van der Waals surface area contributed by atoms with Crippen LogP contribution >= 0.6 is 11.6 Å². The zero-order chi connectivity index (χ0) is 10.9. The summed E-state index contributed by atoms with van der Waals surface area (Å²) in [6.07, 6.45) is 0. The summed E-state index contributed by atoms with van der Waals surface area (Å²) in [6.45, 7) is 2.67. The Bertz CT molecular complexity index is 374. The molecule has 0 atom stereocenters. The van der Waals surface area contributed by atoms with Gasteiger partial charge < -0.3 is 0 Å². The third-order valence-corrected chi connectivity index (χ3v) is 2.15. The van der Waals surface area contributed by atoms with Crippen LogP contribution in [0.25, 0.3) is 0 Å². The van der Waals surface area contributed by atoms with Crippen molar-refractivity contribution in [1.29, 1.82) is 0 Å². The molecule has 0 aliphatic heterocycles. The Morgan fingerprint density at radius 1 is 1.50 bits per heavy atom. The second-order valence-electron chi connectivity index (χ2n) is 3.40. The van der Waals surface area contributed by atoms with Crippen LogP contribution in [0.5, 0.6) is 0 Å². The lowest BCUT2D eigenvalue weighted by atomic mass is 10.00. The van der Waals surface area contributed by atoms with Gasteiger partial charge in [-0.25, -0.2) is 4.39 Å². The molecule has 0 aliphatic rings. The highest BCUT2D eigenvalue weighted by Gasteiger charge is 2.23. The van der Waals surface area contributed by atoms with Crippen LogP contribution in [0.2, 0.25) is 5.02 Å². The molecule has 5 heteroatoms. The molecular formula is C9H9ClFNO2. The fourth-order valence-corrected chi connectivity index (χ4v) is 1.21. The van der Waals surface area contributed by atoms with E-state index in [0.717, 1.165) is 6.07 Å². The third kappa shape index (κ3) is 2.20. The quantitative estimate of drug-likeness (QED) is 0.563. The van der Waals surface area contributed by atoms with E-state index in [4.69, 9.17) is 11.6 Å². The fourth-order valence-electron chi connectivity index (χ4n) is 1.02. The molecule has 0 aliphatic carbocycles. The first-order chi connectivity index (χ1) is 6.32. The second kappa shape index (κ2) is 3.53. The summed E-state index contributed by atoms with van der Waals surface area (Å²) in [5, 5.41) is 10.5. The minimum absolute atomic E-state index is 0.0167. The Morgan fingerprint density at radius 2 is 2.07 bits per heavy atom. The van der Waals surface area contributed by atoms with E-state index in [0.29, 0.717) is 0 Å². The summed E-state index contributed by atoms with van der Waals surface area (Å²) in [5.41, 5.74) is -1.63. The van der Waals surface area contributed by atoms with Gasteiger partial charge >= 0.3 is 0 Å². The van der Waals surface area contributed by atoms with Crippen molar-refractivity contribution < 1.29 is 9.31 Å². The van der Waals surface area contributed by atoms with E-state index >= 15 is 0 Å². The zero-order valence-electron chi connectivity index (χ0n) is 7.75. The number of hydrogen-bond donors (Lipinski definition) is 0. The van der Waals surface area contributed by atoms with E-state index in [1.54, 1.807) is 0 Å². The van der Waals surface area contributed by atoms with E-state index in [1.165, 1.54) is 26.0 Å². The van der Waals surface area contributed by atoms with Gasteiger partial charge in [0.15, 0.2) is 0 Å². The van der Waals surface area contributed by atoms with E-state index in [2.05, 4.69) is 0 Å². The molecule has 1 rings (SSSR count). The minimum atomic E-state index is -1.60. The van der Waals surface area contributed by atoms with Gasteiger partial charge in [-0.2, -0.15) is 0 Å². The van der Waals surface area contributed by atoms with Gasteiger partial charge in [0, 0.05) is 6.07 Å². The number of halogens is 2. The first-order valence-corrected chi connectivity index (χ1v) is 4.33. The summed E-state index contributed by atoms with van der Waals surface area (Å²) in [7, 11) is 0. The summed E-state index contributed by atoms with van der Waals surface area (Å²) in [5.74, 6) is 0. The molecule has 0 radical (unpaired) electrons. The molecule has 0 spiro atoms. The maximum Gasteiger partial charge on any atom is 0.288 e. The lowest BCUT2D eigenvalue weighted by Crippen LogP contribution is -2.09. The van der Waals surface area contributed by atoms with E-state index in [1.807, 2.05) is 0 Å². The van der Waals surface area contributed by atoms with Crippen LogP contribution in [0.4, 0.5) is 10.1 Å². The molecule has 1 aromatic rings. The normalized spacial score (nSPS) is 11.4. The Morgan fingerprint density at radius 3 is 2.50 bits per heavy atom. The predicted molar refractivity (Wildman–Crippen MR) is 52.2 cm³/mol. The molecule has 3 nitrogen and oxygen atoms in total. The molecule has 0 heterocycles. The first kappa shape index (κ1) is 10.9. The second-order valence-corrected chi connectivity index (χ2v) is 3.80. The van der Waals surface area contributed by atoms with Crippen molar-refractivity contribution in [2.45, 2.75) is 19.5 Å². The SMILES string of the molecule is CC(C)(F)c1ccc(Cl)c([N+](=O)[O-])c1. The summed E-state index contributed by atoms with van der Waals surface area (Å²) in [6, 6.07) is 3.92. The molecule has 0 bridgehead atoms. The van der Waals surface area contributed by atoms with Gasteiger partial charge in [0.05, 0.1) is 4.92 Å². The highest BCUT2D eigenvalue weighted by Crippen LogP contribution is 2.31. The van der Waals surface area contributed by atoms with Gasteiger partial charge in [0.25, 0.3) is 5.69 Å². The number of nitro groups is 1. The monoisotopic (exact) mass is 217 g/mol. The summed E-state index contributed by atoms with van der Waals surface area (Å²) < 4.78 is 13.4. The van der Waals surface area contributed by atoms with Crippen LogP contribution in [-0.4, -0.2) is 4.92 Å². The highest BCUT2D eigenvalue weighted by atomic mass is 35.5. The van der Waals surface area contributed by atoms with E-state index in [-0.39, 0.29) is 16.3 Å². The highest BCUT2D eigenvalue weighted by molar-refractivity contribution is 6.32. The van der Waals surface area contributed by atoms with Crippen LogP contribution in [0.1, 0.15) is 19.4 Å². The maximum absolute atomic E-state index is 13.4. The molecule has 1 aromatic carbocycles. The van der Waals surface area contributed by atoms with Gasteiger partial charge in [0.1, 0.15) is 10.7 Å².